The standard InChI is InChI=1S/C15H20N4OS/c1-4-16-15-18-17-13(21-15)11-8-10-6-5-7-12(10)19(9(2)3)14(11)20/h8-9H,4-7H2,1-3H3,(H,16,18). The van der Waals surface area contributed by atoms with Crippen LogP contribution in [0.15, 0.2) is 10.9 Å². The minimum atomic E-state index is 0.0600. The van der Waals surface area contributed by atoms with Gasteiger partial charge in [-0.25, -0.2) is 0 Å². The molecule has 0 amide bonds. The van der Waals surface area contributed by atoms with Crippen LogP contribution >= 0.6 is 11.3 Å². The van der Waals surface area contributed by atoms with Crippen molar-refractivity contribution in [2.24, 2.45) is 0 Å². The lowest BCUT2D eigenvalue weighted by Crippen LogP contribution is -2.26. The van der Waals surface area contributed by atoms with Gasteiger partial charge < -0.3 is 9.88 Å². The minimum absolute atomic E-state index is 0.0600. The molecule has 0 saturated carbocycles. The van der Waals surface area contributed by atoms with Crippen molar-refractivity contribution in [2.75, 3.05) is 11.9 Å². The summed E-state index contributed by atoms with van der Waals surface area (Å²) < 4.78 is 1.94. The molecule has 1 aliphatic rings. The van der Waals surface area contributed by atoms with E-state index < -0.39 is 0 Å². The van der Waals surface area contributed by atoms with E-state index >= 15 is 0 Å². The lowest BCUT2D eigenvalue weighted by Gasteiger charge is -2.17. The first-order valence-electron chi connectivity index (χ1n) is 7.46. The summed E-state index contributed by atoms with van der Waals surface area (Å²) in [6.45, 7) is 6.94. The Balaban J connectivity index is 2.14. The van der Waals surface area contributed by atoms with E-state index in [0.717, 1.165) is 30.9 Å². The maximum atomic E-state index is 12.8. The third kappa shape index (κ3) is 2.48. The van der Waals surface area contributed by atoms with E-state index in [1.165, 1.54) is 22.6 Å². The highest BCUT2D eigenvalue weighted by Crippen LogP contribution is 2.29. The largest absolute Gasteiger partial charge is 0.360 e. The van der Waals surface area contributed by atoms with Gasteiger partial charge in [-0.1, -0.05) is 11.3 Å². The summed E-state index contributed by atoms with van der Waals surface area (Å²) in [5.74, 6) is 0. The van der Waals surface area contributed by atoms with E-state index in [4.69, 9.17) is 0 Å². The van der Waals surface area contributed by atoms with Crippen LogP contribution in [0.3, 0.4) is 0 Å². The molecule has 0 radical (unpaired) electrons. The molecule has 0 bridgehead atoms. The molecular weight excluding hydrogens is 284 g/mol. The first-order valence-corrected chi connectivity index (χ1v) is 8.28. The third-order valence-corrected chi connectivity index (χ3v) is 4.70. The lowest BCUT2D eigenvalue weighted by atomic mass is 10.1. The maximum absolute atomic E-state index is 12.8. The second-order valence-corrected chi connectivity index (χ2v) is 6.57. The van der Waals surface area contributed by atoms with Crippen LogP contribution in [0.4, 0.5) is 5.13 Å². The average Bonchev–Trinajstić information content (AvgIpc) is 3.06. The summed E-state index contributed by atoms with van der Waals surface area (Å²) in [5, 5.41) is 12.9. The van der Waals surface area contributed by atoms with Gasteiger partial charge in [0.25, 0.3) is 5.56 Å². The van der Waals surface area contributed by atoms with Crippen molar-refractivity contribution in [3.05, 3.63) is 27.7 Å². The van der Waals surface area contributed by atoms with E-state index in [-0.39, 0.29) is 11.6 Å². The Morgan fingerprint density at radius 1 is 1.38 bits per heavy atom. The number of anilines is 1. The molecule has 2 aromatic heterocycles. The van der Waals surface area contributed by atoms with Gasteiger partial charge in [-0.05, 0) is 51.7 Å². The maximum Gasteiger partial charge on any atom is 0.261 e. The molecule has 3 rings (SSSR count). The number of hydrogen-bond donors (Lipinski definition) is 1. The van der Waals surface area contributed by atoms with Crippen LogP contribution < -0.4 is 10.9 Å². The third-order valence-electron chi connectivity index (χ3n) is 3.79. The number of nitrogens with one attached hydrogen (secondary N) is 1. The van der Waals surface area contributed by atoms with Crippen molar-refractivity contribution >= 4 is 16.5 Å². The second-order valence-electron chi connectivity index (χ2n) is 5.60. The fourth-order valence-corrected chi connectivity index (χ4v) is 3.74. The zero-order chi connectivity index (χ0) is 15.0. The van der Waals surface area contributed by atoms with Gasteiger partial charge in [0.15, 0.2) is 5.01 Å². The predicted molar refractivity (Wildman–Crippen MR) is 86.2 cm³/mol. The zero-order valence-corrected chi connectivity index (χ0v) is 13.5. The summed E-state index contributed by atoms with van der Waals surface area (Å²) >= 11 is 1.44. The van der Waals surface area contributed by atoms with E-state index in [9.17, 15) is 4.79 Å². The lowest BCUT2D eigenvalue weighted by molar-refractivity contribution is 0.555. The van der Waals surface area contributed by atoms with Gasteiger partial charge in [0.1, 0.15) is 0 Å². The van der Waals surface area contributed by atoms with Crippen LogP contribution in [0.2, 0.25) is 0 Å². The highest BCUT2D eigenvalue weighted by atomic mass is 32.1. The average molecular weight is 304 g/mol. The number of aryl methyl sites for hydroxylation is 1. The summed E-state index contributed by atoms with van der Waals surface area (Å²) in [7, 11) is 0. The molecule has 0 aliphatic heterocycles. The van der Waals surface area contributed by atoms with E-state index in [0.29, 0.717) is 10.6 Å². The van der Waals surface area contributed by atoms with E-state index in [1.54, 1.807) is 0 Å². The van der Waals surface area contributed by atoms with Crippen molar-refractivity contribution in [3.63, 3.8) is 0 Å². The smallest absolute Gasteiger partial charge is 0.261 e. The Hall–Kier alpha value is -1.69. The minimum Gasteiger partial charge on any atom is -0.360 e. The topological polar surface area (TPSA) is 59.8 Å². The fourth-order valence-electron chi connectivity index (χ4n) is 2.92. The molecule has 0 spiro atoms. The molecule has 0 atom stereocenters. The second kappa shape index (κ2) is 5.60. The summed E-state index contributed by atoms with van der Waals surface area (Å²) in [4.78, 5) is 12.8. The molecule has 0 fully saturated rings. The Bertz CT molecular complexity index is 717. The summed E-state index contributed by atoms with van der Waals surface area (Å²) in [5.41, 5.74) is 3.24. The zero-order valence-electron chi connectivity index (χ0n) is 12.6. The van der Waals surface area contributed by atoms with Crippen molar-refractivity contribution in [2.45, 2.75) is 46.1 Å². The SMILES string of the molecule is CCNc1nnc(-c2cc3c(n(C(C)C)c2=O)CCC3)s1. The number of nitrogens with zero attached hydrogens (tertiary/aromatic N) is 3. The van der Waals surface area contributed by atoms with Gasteiger partial charge in [-0.15, -0.1) is 10.2 Å². The molecular formula is C15H20N4OS. The van der Waals surface area contributed by atoms with Crippen molar-refractivity contribution < 1.29 is 0 Å². The molecule has 1 aliphatic carbocycles. The number of hydrogen-bond acceptors (Lipinski definition) is 5. The molecule has 0 unspecified atom stereocenters. The molecule has 6 heteroatoms. The van der Waals surface area contributed by atoms with Gasteiger partial charge in [-0.3, -0.25) is 4.79 Å². The van der Waals surface area contributed by atoms with Gasteiger partial charge in [0.2, 0.25) is 5.13 Å². The van der Waals surface area contributed by atoms with Crippen LogP contribution in [0, 0.1) is 0 Å². The van der Waals surface area contributed by atoms with Crippen LogP contribution in [0.25, 0.3) is 10.6 Å². The van der Waals surface area contributed by atoms with Crippen LogP contribution in [0.1, 0.15) is 44.5 Å². The van der Waals surface area contributed by atoms with Gasteiger partial charge in [-0.2, -0.15) is 0 Å². The quantitative estimate of drug-likeness (QED) is 0.943. The highest BCUT2D eigenvalue weighted by Gasteiger charge is 2.22. The summed E-state index contributed by atoms with van der Waals surface area (Å²) in [6, 6.07) is 2.20. The molecule has 2 aromatic rings. The highest BCUT2D eigenvalue weighted by molar-refractivity contribution is 7.18. The Morgan fingerprint density at radius 3 is 2.90 bits per heavy atom. The summed E-state index contributed by atoms with van der Waals surface area (Å²) in [6.07, 6.45) is 3.18. The van der Waals surface area contributed by atoms with Crippen LogP contribution in [-0.4, -0.2) is 21.3 Å². The first-order chi connectivity index (χ1) is 10.1. The molecule has 21 heavy (non-hydrogen) atoms. The normalized spacial score (nSPS) is 13.7. The number of fused-ring (bicyclic) bond motifs is 1. The van der Waals surface area contributed by atoms with Gasteiger partial charge >= 0.3 is 0 Å². The molecule has 0 aromatic carbocycles. The van der Waals surface area contributed by atoms with Crippen molar-refractivity contribution in [1.29, 1.82) is 0 Å². The van der Waals surface area contributed by atoms with Crippen molar-refractivity contribution in [3.8, 4) is 10.6 Å². The van der Waals surface area contributed by atoms with Crippen LogP contribution in [-0.2, 0) is 12.8 Å². The molecule has 2 heterocycles. The Kier molecular flexibility index (Phi) is 3.80. The van der Waals surface area contributed by atoms with Gasteiger partial charge in [0.05, 0.1) is 5.56 Å². The number of pyridine rings is 1. The molecule has 5 nitrogen and oxygen atoms in total. The number of aromatic nitrogens is 3. The Labute approximate surface area is 128 Å². The predicted octanol–water partition coefficient (Wildman–Crippen LogP) is 2.87. The molecule has 1 N–H and O–H groups in total. The fraction of sp³-hybridized carbons (Fsp3) is 0.533. The van der Waals surface area contributed by atoms with Crippen LogP contribution in [0.5, 0.6) is 0 Å². The number of rotatable bonds is 4. The molecule has 112 valence electrons. The van der Waals surface area contributed by atoms with E-state index in [1.807, 2.05) is 17.6 Å². The first kappa shape index (κ1) is 14.3. The molecule has 0 saturated heterocycles. The van der Waals surface area contributed by atoms with Crippen molar-refractivity contribution in [1.82, 2.24) is 14.8 Å². The van der Waals surface area contributed by atoms with E-state index in [2.05, 4.69) is 29.4 Å². The Morgan fingerprint density at radius 2 is 2.19 bits per heavy atom. The monoisotopic (exact) mass is 304 g/mol. The van der Waals surface area contributed by atoms with Gasteiger partial charge in [0, 0.05) is 18.3 Å².